The fourth-order valence-corrected chi connectivity index (χ4v) is 3.26. The first-order chi connectivity index (χ1) is 9.50. The van der Waals surface area contributed by atoms with Gasteiger partial charge in [-0.25, -0.2) is 4.21 Å². The quantitative estimate of drug-likeness (QED) is 0.395. The summed E-state index contributed by atoms with van der Waals surface area (Å²) < 4.78 is 19.9. The van der Waals surface area contributed by atoms with Crippen LogP contribution in [0.15, 0.2) is 0 Å². The Morgan fingerprint density at radius 3 is 2.24 bits per heavy atom. The molecule has 0 bridgehead atoms. The molecule has 21 heavy (non-hydrogen) atoms. The molecule has 0 aromatic carbocycles. The topological polar surface area (TPSA) is 136 Å². The van der Waals surface area contributed by atoms with Crippen molar-refractivity contribution >= 4 is 15.6 Å². The molecule has 0 aliphatic rings. The first-order valence-electron chi connectivity index (χ1n) is 7.02. The minimum absolute atomic E-state index is 0.0126. The molecule has 0 radical (unpaired) electrons. The van der Waals surface area contributed by atoms with E-state index in [9.17, 15) is 9.00 Å². The molecular formula is C13H29N3O4S. The van der Waals surface area contributed by atoms with E-state index < -0.39 is 27.7 Å². The summed E-state index contributed by atoms with van der Waals surface area (Å²) in [5, 5.41) is 20.1. The zero-order valence-electron chi connectivity index (χ0n) is 13.1. The van der Waals surface area contributed by atoms with E-state index in [4.69, 9.17) is 20.7 Å². The molecule has 0 spiro atoms. The van der Waals surface area contributed by atoms with Gasteiger partial charge >= 0.3 is 0 Å². The maximum atomic E-state index is 12.1. The van der Waals surface area contributed by atoms with Gasteiger partial charge in [0.15, 0.2) is 0 Å². The SMILES string of the molecule is CC(C)(C)CCS(=N)(=O)CC[C@H](N)C(=O)NC(CO)CO. The molecule has 2 atom stereocenters. The van der Waals surface area contributed by atoms with Gasteiger partial charge in [-0.1, -0.05) is 20.8 Å². The van der Waals surface area contributed by atoms with Gasteiger partial charge in [0.05, 0.1) is 25.3 Å². The highest BCUT2D eigenvalue weighted by atomic mass is 32.2. The van der Waals surface area contributed by atoms with E-state index in [2.05, 4.69) is 5.32 Å². The van der Waals surface area contributed by atoms with E-state index in [-0.39, 0.29) is 30.8 Å². The Hall–Kier alpha value is -0.700. The molecular weight excluding hydrogens is 294 g/mol. The lowest BCUT2D eigenvalue weighted by Gasteiger charge is -2.20. The Kier molecular flexibility index (Phi) is 8.38. The number of nitrogens with one attached hydrogen (secondary N) is 2. The summed E-state index contributed by atoms with van der Waals surface area (Å²) in [7, 11) is -2.74. The van der Waals surface area contributed by atoms with Crippen molar-refractivity contribution in [2.45, 2.75) is 45.7 Å². The van der Waals surface area contributed by atoms with Crippen LogP contribution in [0.25, 0.3) is 0 Å². The van der Waals surface area contributed by atoms with Crippen molar-refractivity contribution in [3.05, 3.63) is 0 Å². The van der Waals surface area contributed by atoms with Crippen molar-refractivity contribution in [2.24, 2.45) is 11.1 Å². The van der Waals surface area contributed by atoms with Gasteiger partial charge < -0.3 is 21.3 Å². The third-order valence-electron chi connectivity index (χ3n) is 3.06. The normalized spacial score (nSPS) is 16.5. The highest BCUT2D eigenvalue weighted by Crippen LogP contribution is 2.19. The van der Waals surface area contributed by atoms with E-state index in [1.807, 2.05) is 20.8 Å². The Morgan fingerprint density at radius 1 is 1.29 bits per heavy atom. The second kappa shape index (κ2) is 8.67. The first-order valence-corrected chi connectivity index (χ1v) is 8.92. The van der Waals surface area contributed by atoms with Gasteiger partial charge in [-0.05, 0) is 18.3 Å². The molecule has 0 aliphatic heterocycles. The number of carbonyl (C=O) groups is 1. The van der Waals surface area contributed by atoms with Crippen LogP contribution in [0.4, 0.5) is 0 Å². The number of rotatable bonds is 9. The van der Waals surface area contributed by atoms with Crippen molar-refractivity contribution in [3.8, 4) is 0 Å². The lowest BCUT2D eigenvalue weighted by atomic mass is 9.94. The summed E-state index contributed by atoms with van der Waals surface area (Å²) in [6, 6.07) is -1.64. The average Bonchev–Trinajstić information content (AvgIpc) is 2.39. The third kappa shape index (κ3) is 9.78. The Balaban J connectivity index is 4.28. The molecule has 0 rings (SSSR count). The molecule has 8 heteroatoms. The van der Waals surface area contributed by atoms with Gasteiger partial charge in [-0.15, -0.1) is 0 Å². The summed E-state index contributed by atoms with van der Waals surface area (Å²) in [6.45, 7) is 5.30. The number of hydrogen-bond donors (Lipinski definition) is 5. The first kappa shape index (κ1) is 20.3. The standard InChI is InChI=1S/C13H29N3O4S/c1-13(2,3)5-7-21(15,20)6-4-11(14)12(19)16-10(8-17)9-18/h10-11,15,17-18H,4-9,14H2,1-3H3,(H,16,19)/t11-,21?/m0/s1. The van der Waals surface area contributed by atoms with Crippen LogP contribution in [0.1, 0.15) is 33.6 Å². The number of aliphatic hydroxyl groups excluding tert-OH is 2. The zero-order valence-corrected chi connectivity index (χ0v) is 13.9. The van der Waals surface area contributed by atoms with Crippen LogP contribution in [-0.2, 0) is 14.5 Å². The van der Waals surface area contributed by atoms with Crippen molar-refractivity contribution in [2.75, 3.05) is 24.7 Å². The van der Waals surface area contributed by atoms with Crippen LogP contribution in [0.3, 0.4) is 0 Å². The van der Waals surface area contributed by atoms with E-state index in [0.717, 1.165) is 0 Å². The molecule has 0 aliphatic carbocycles. The Bertz CT molecular complexity index is 414. The molecule has 6 N–H and O–H groups in total. The maximum Gasteiger partial charge on any atom is 0.237 e. The fraction of sp³-hybridized carbons (Fsp3) is 0.923. The average molecular weight is 323 g/mol. The van der Waals surface area contributed by atoms with Gasteiger partial charge in [0.1, 0.15) is 0 Å². The van der Waals surface area contributed by atoms with Gasteiger partial charge in [-0.3, -0.25) is 9.57 Å². The Morgan fingerprint density at radius 2 is 1.81 bits per heavy atom. The van der Waals surface area contributed by atoms with E-state index in [1.54, 1.807) is 0 Å². The van der Waals surface area contributed by atoms with Crippen LogP contribution in [0.2, 0.25) is 0 Å². The van der Waals surface area contributed by atoms with Crippen LogP contribution < -0.4 is 11.1 Å². The molecule has 1 unspecified atom stereocenters. The van der Waals surface area contributed by atoms with E-state index in [1.165, 1.54) is 0 Å². The molecule has 0 aromatic rings. The van der Waals surface area contributed by atoms with Gasteiger partial charge in [0, 0.05) is 21.2 Å². The van der Waals surface area contributed by atoms with Crippen molar-refractivity contribution in [1.82, 2.24) is 5.32 Å². The summed E-state index contributed by atoms with van der Waals surface area (Å²) in [5.41, 5.74) is 5.69. The van der Waals surface area contributed by atoms with Crippen LogP contribution >= 0.6 is 0 Å². The smallest absolute Gasteiger partial charge is 0.237 e. The molecule has 1 amide bonds. The highest BCUT2D eigenvalue weighted by Gasteiger charge is 2.20. The number of hydrogen-bond acceptors (Lipinski definition) is 6. The number of nitrogens with two attached hydrogens (primary N) is 1. The predicted octanol–water partition coefficient (Wildman–Crippen LogP) is -0.344. The maximum absolute atomic E-state index is 12.1. The van der Waals surface area contributed by atoms with Crippen LogP contribution in [0.5, 0.6) is 0 Å². The summed E-state index contributed by atoms with van der Waals surface area (Å²) in [5.74, 6) is -0.157. The second-order valence-corrected chi connectivity index (χ2v) is 8.94. The summed E-state index contributed by atoms with van der Waals surface area (Å²) >= 11 is 0. The molecule has 0 fully saturated rings. The third-order valence-corrected chi connectivity index (χ3v) is 4.82. The lowest BCUT2D eigenvalue weighted by molar-refractivity contribution is -0.123. The molecule has 126 valence electrons. The molecule has 0 heterocycles. The van der Waals surface area contributed by atoms with Crippen LogP contribution in [0, 0.1) is 10.2 Å². The number of carbonyl (C=O) groups excluding carboxylic acids is 1. The summed E-state index contributed by atoms with van der Waals surface area (Å²) in [6.07, 6.45) is 0.815. The Labute approximate surface area is 127 Å². The minimum atomic E-state index is -2.74. The van der Waals surface area contributed by atoms with Crippen molar-refractivity contribution < 1.29 is 19.2 Å². The summed E-state index contributed by atoms with van der Waals surface area (Å²) in [4.78, 5) is 11.7. The van der Waals surface area contributed by atoms with E-state index in [0.29, 0.717) is 12.2 Å². The van der Waals surface area contributed by atoms with Gasteiger partial charge in [0.25, 0.3) is 0 Å². The van der Waals surface area contributed by atoms with Gasteiger partial charge in [-0.2, -0.15) is 0 Å². The minimum Gasteiger partial charge on any atom is -0.394 e. The molecule has 0 saturated heterocycles. The molecule has 7 nitrogen and oxygen atoms in total. The molecule has 0 saturated carbocycles. The zero-order chi connectivity index (χ0) is 16.7. The monoisotopic (exact) mass is 323 g/mol. The fourth-order valence-electron chi connectivity index (χ4n) is 1.48. The number of aliphatic hydroxyl groups is 2. The second-order valence-electron chi connectivity index (χ2n) is 6.50. The number of amides is 1. The van der Waals surface area contributed by atoms with Crippen molar-refractivity contribution in [3.63, 3.8) is 0 Å². The van der Waals surface area contributed by atoms with Crippen molar-refractivity contribution in [1.29, 1.82) is 4.78 Å². The van der Waals surface area contributed by atoms with Gasteiger partial charge in [0.2, 0.25) is 5.91 Å². The van der Waals surface area contributed by atoms with Crippen LogP contribution in [-0.4, -0.2) is 57.1 Å². The lowest BCUT2D eigenvalue weighted by Crippen LogP contribution is -2.48. The van der Waals surface area contributed by atoms with E-state index >= 15 is 0 Å². The largest absolute Gasteiger partial charge is 0.394 e. The highest BCUT2D eigenvalue weighted by molar-refractivity contribution is 7.92. The molecule has 0 aromatic heterocycles. The predicted molar refractivity (Wildman–Crippen MR) is 83.4 cm³/mol.